The third-order valence-electron chi connectivity index (χ3n) is 6.00. The quantitative estimate of drug-likeness (QED) is 0.568. The van der Waals surface area contributed by atoms with Crippen molar-refractivity contribution in [1.82, 2.24) is 0 Å². The highest BCUT2D eigenvalue weighted by molar-refractivity contribution is 7.10. The highest BCUT2D eigenvalue weighted by Crippen LogP contribution is 2.44. The van der Waals surface area contributed by atoms with Crippen LogP contribution in [0.2, 0.25) is 0 Å². The molecule has 2 N–H and O–H groups in total. The lowest BCUT2D eigenvalue weighted by Crippen LogP contribution is -2.26. The molecule has 0 saturated heterocycles. The third-order valence-corrected chi connectivity index (χ3v) is 7.03. The average Bonchev–Trinajstić information content (AvgIpc) is 3.23. The number of benzene rings is 2. The maximum Gasteiger partial charge on any atom is 0.163 e. The number of hydrogen-bond donors (Lipinski definition) is 2. The summed E-state index contributed by atoms with van der Waals surface area (Å²) in [5, 5.41) is 9.35. The second kappa shape index (κ2) is 7.65. The lowest BCUT2D eigenvalue weighted by Gasteiger charge is -2.29. The molecule has 0 radical (unpaired) electrons. The van der Waals surface area contributed by atoms with E-state index in [1.54, 1.807) is 11.3 Å². The molecule has 0 spiro atoms. The zero-order valence-corrected chi connectivity index (χ0v) is 18.0. The number of carbonyl (C=O) groups excluding carboxylic acids is 1. The highest BCUT2D eigenvalue weighted by Gasteiger charge is 2.36. The maximum absolute atomic E-state index is 13.5. The summed E-state index contributed by atoms with van der Waals surface area (Å²) in [6.07, 6.45) is 1.41. The first kappa shape index (κ1) is 18.9. The lowest BCUT2D eigenvalue weighted by molar-refractivity contribution is -0.116. The van der Waals surface area contributed by atoms with Gasteiger partial charge in [0, 0.05) is 48.3 Å². The Hall–Kier alpha value is -3.05. The monoisotopic (exact) mass is 415 g/mol. The average molecular weight is 416 g/mol. The Bertz CT molecular complexity index is 1100. The molecule has 30 heavy (non-hydrogen) atoms. The van der Waals surface area contributed by atoms with Gasteiger partial charge in [0.15, 0.2) is 5.78 Å². The Morgan fingerprint density at radius 3 is 2.40 bits per heavy atom. The minimum absolute atomic E-state index is 0.163. The molecule has 0 fully saturated rings. The van der Waals surface area contributed by atoms with Gasteiger partial charge in [0.2, 0.25) is 0 Å². The van der Waals surface area contributed by atoms with Gasteiger partial charge in [-0.2, -0.15) is 0 Å². The molecule has 2 aromatic carbocycles. The van der Waals surface area contributed by atoms with Crippen LogP contribution in [-0.4, -0.2) is 19.9 Å². The summed E-state index contributed by atoms with van der Waals surface area (Å²) in [5.41, 5.74) is 6.22. The predicted octanol–water partition coefficient (Wildman–Crippen LogP) is 5.79. The van der Waals surface area contributed by atoms with Crippen molar-refractivity contribution in [3.63, 3.8) is 0 Å². The van der Waals surface area contributed by atoms with Crippen LogP contribution in [0.5, 0.6) is 0 Å². The minimum atomic E-state index is -0.163. The van der Waals surface area contributed by atoms with Crippen molar-refractivity contribution in [2.45, 2.75) is 24.8 Å². The van der Waals surface area contributed by atoms with E-state index in [0.29, 0.717) is 6.42 Å². The van der Waals surface area contributed by atoms with E-state index in [2.05, 4.69) is 69.4 Å². The topological polar surface area (TPSA) is 44.4 Å². The number of rotatable bonds is 3. The number of Topliss-reactive ketones (excluding diaryl/α,β-unsaturated/α-hetero) is 1. The molecule has 2 atom stereocenters. The number of allylic oxidation sites excluding steroid dienone is 1. The fourth-order valence-corrected chi connectivity index (χ4v) is 5.26. The van der Waals surface area contributed by atoms with E-state index < -0.39 is 0 Å². The van der Waals surface area contributed by atoms with Crippen LogP contribution in [0.25, 0.3) is 0 Å². The molecular weight excluding hydrogens is 390 g/mol. The van der Waals surface area contributed by atoms with E-state index >= 15 is 0 Å². The number of thiophene rings is 1. The Labute approximate surface area is 181 Å². The molecular formula is C25H25N3OS. The van der Waals surface area contributed by atoms with Gasteiger partial charge in [-0.1, -0.05) is 30.3 Å². The lowest BCUT2D eigenvalue weighted by atomic mass is 9.81. The zero-order valence-electron chi connectivity index (χ0n) is 17.2. The molecule has 0 saturated carbocycles. The van der Waals surface area contributed by atoms with Crippen LogP contribution in [0.4, 0.5) is 17.1 Å². The molecule has 4 nitrogen and oxygen atoms in total. The highest BCUT2D eigenvalue weighted by atomic mass is 32.1. The van der Waals surface area contributed by atoms with Crippen LogP contribution >= 0.6 is 11.3 Å². The summed E-state index contributed by atoms with van der Waals surface area (Å²) in [7, 11) is 4.07. The molecule has 3 aromatic rings. The molecule has 0 bridgehead atoms. The Kier molecular flexibility index (Phi) is 4.83. The van der Waals surface area contributed by atoms with Crippen molar-refractivity contribution >= 4 is 34.2 Å². The summed E-state index contributed by atoms with van der Waals surface area (Å²) < 4.78 is 0. The number of para-hydroxylation sites is 2. The first-order chi connectivity index (χ1) is 14.6. The number of anilines is 3. The van der Waals surface area contributed by atoms with Gasteiger partial charge in [-0.3, -0.25) is 4.79 Å². The van der Waals surface area contributed by atoms with Crippen LogP contribution in [0.15, 0.2) is 77.3 Å². The normalized spacial score (nSPS) is 20.5. The molecule has 5 heteroatoms. The van der Waals surface area contributed by atoms with Crippen molar-refractivity contribution in [1.29, 1.82) is 0 Å². The number of carbonyl (C=O) groups is 1. The Balaban J connectivity index is 1.59. The van der Waals surface area contributed by atoms with Crippen LogP contribution in [-0.2, 0) is 4.79 Å². The number of fused-ring (bicyclic) bond motifs is 1. The van der Waals surface area contributed by atoms with E-state index in [9.17, 15) is 4.79 Å². The number of nitrogens with zero attached hydrogens (tertiary/aromatic N) is 1. The van der Waals surface area contributed by atoms with Crippen molar-refractivity contribution in [3.8, 4) is 0 Å². The molecule has 5 rings (SSSR count). The Morgan fingerprint density at radius 2 is 1.70 bits per heavy atom. The molecule has 1 aliphatic carbocycles. The van der Waals surface area contributed by atoms with Gasteiger partial charge in [0.25, 0.3) is 0 Å². The molecule has 2 aliphatic rings. The van der Waals surface area contributed by atoms with Gasteiger partial charge in [-0.05, 0) is 47.7 Å². The Morgan fingerprint density at radius 1 is 0.933 bits per heavy atom. The van der Waals surface area contributed by atoms with Crippen LogP contribution in [0.3, 0.4) is 0 Å². The van der Waals surface area contributed by atoms with Crippen LogP contribution < -0.4 is 15.5 Å². The standard InChI is InChI=1S/C25H25N3OS/c1-28(2)18-11-9-16(10-12-18)25-24-21(26-19-6-3-4-7-20(19)27-25)14-17(15-22(24)29)23-8-5-13-30-23/h3-13,17,25-27H,14-15H2,1-2H3/t17-,25+/m0/s1. The number of nitrogens with one attached hydrogen (secondary N) is 2. The van der Waals surface area contributed by atoms with Gasteiger partial charge in [-0.25, -0.2) is 0 Å². The second-order valence-electron chi connectivity index (χ2n) is 8.17. The fourth-order valence-electron chi connectivity index (χ4n) is 4.43. The molecule has 152 valence electrons. The first-order valence-corrected chi connectivity index (χ1v) is 11.2. The van der Waals surface area contributed by atoms with Crippen molar-refractivity contribution in [2.75, 3.05) is 29.6 Å². The van der Waals surface area contributed by atoms with Gasteiger partial charge >= 0.3 is 0 Å². The van der Waals surface area contributed by atoms with E-state index in [0.717, 1.165) is 40.3 Å². The van der Waals surface area contributed by atoms with Crippen molar-refractivity contribution in [2.24, 2.45) is 0 Å². The van der Waals surface area contributed by atoms with E-state index in [1.165, 1.54) is 4.88 Å². The number of ketones is 1. The van der Waals surface area contributed by atoms with Crippen LogP contribution in [0.1, 0.15) is 35.2 Å². The van der Waals surface area contributed by atoms with Gasteiger partial charge in [0.05, 0.1) is 17.4 Å². The smallest absolute Gasteiger partial charge is 0.163 e. The summed E-state index contributed by atoms with van der Waals surface area (Å²) >= 11 is 1.74. The maximum atomic E-state index is 13.5. The summed E-state index contributed by atoms with van der Waals surface area (Å²) in [5.74, 6) is 0.468. The molecule has 1 aliphatic heterocycles. The molecule has 0 unspecified atom stereocenters. The van der Waals surface area contributed by atoms with Gasteiger partial charge in [0.1, 0.15) is 0 Å². The second-order valence-corrected chi connectivity index (χ2v) is 9.15. The summed E-state index contributed by atoms with van der Waals surface area (Å²) in [6.45, 7) is 0. The van der Waals surface area contributed by atoms with Crippen LogP contribution in [0, 0.1) is 0 Å². The molecule has 0 amide bonds. The van der Waals surface area contributed by atoms with Gasteiger partial charge < -0.3 is 15.5 Å². The first-order valence-electron chi connectivity index (χ1n) is 10.3. The predicted molar refractivity (Wildman–Crippen MR) is 126 cm³/mol. The van der Waals surface area contributed by atoms with E-state index in [-0.39, 0.29) is 17.7 Å². The minimum Gasteiger partial charge on any atom is -0.378 e. The third kappa shape index (κ3) is 3.39. The van der Waals surface area contributed by atoms with E-state index in [1.807, 2.05) is 26.2 Å². The molecule has 2 heterocycles. The zero-order chi connectivity index (χ0) is 20.7. The summed E-state index contributed by atoms with van der Waals surface area (Å²) in [4.78, 5) is 16.8. The number of hydrogen-bond acceptors (Lipinski definition) is 5. The molecule has 1 aromatic heterocycles. The van der Waals surface area contributed by atoms with Gasteiger partial charge in [-0.15, -0.1) is 11.3 Å². The largest absolute Gasteiger partial charge is 0.378 e. The fraction of sp³-hybridized carbons (Fsp3) is 0.240. The van der Waals surface area contributed by atoms with Crippen molar-refractivity contribution < 1.29 is 4.79 Å². The van der Waals surface area contributed by atoms with Crippen molar-refractivity contribution in [3.05, 3.63) is 87.8 Å². The summed E-state index contributed by atoms with van der Waals surface area (Å²) in [6, 6.07) is 20.7. The van der Waals surface area contributed by atoms with E-state index in [4.69, 9.17) is 0 Å². The SMILES string of the molecule is CN(C)c1ccc([C@H]2Nc3ccccc3NC3=C2C(=O)C[C@@H](c2cccs2)C3)cc1.